The summed E-state index contributed by atoms with van der Waals surface area (Å²) in [6, 6.07) is 1.84. The summed E-state index contributed by atoms with van der Waals surface area (Å²) in [4.78, 5) is 8.99. The molecule has 1 unspecified atom stereocenters. The number of halogens is 1. The molecule has 1 aromatic heterocycles. The van der Waals surface area contributed by atoms with E-state index in [0.717, 1.165) is 12.1 Å². The van der Waals surface area contributed by atoms with Crippen molar-refractivity contribution in [1.82, 2.24) is 9.97 Å². The highest BCUT2D eigenvalue weighted by Crippen LogP contribution is 2.34. The van der Waals surface area contributed by atoms with Gasteiger partial charge in [-0.2, -0.15) is 0 Å². The first-order chi connectivity index (χ1) is 8.74. The standard InChI is InChI=1S/C15H25ClN2O/c1-7-19-13(15(4,5)6)14-17-11(8-10(2)3)9-12(16)18-14/h9-10,13H,7-8H2,1-6H3. The van der Waals surface area contributed by atoms with Crippen LogP contribution in [0.15, 0.2) is 6.07 Å². The fraction of sp³-hybridized carbons (Fsp3) is 0.733. The number of rotatable bonds is 5. The van der Waals surface area contributed by atoms with Gasteiger partial charge in [-0.25, -0.2) is 9.97 Å². The molecule has 4 heteroatoms. The molecule has 108 valence electrons. The van der Waals surface area contributed by atoms with Gasteiger partial charge in [0.2, 0.25) is 0 Å². The third-order valence-corrected chi connectivity index (χ3v) is 2.93. The predicted octanol–water partition coefficient (Wildman–Crippen LogP) is 4.45. The van der Waals surface area contributed by atoms with Crippen molar-refractivity contribution in [2.75, 3.05) is 6.61 Å². The van der Waals surface area contributed by atoms with Crippen molar-refractivity contribution in [1.29, 1.82) is 0 Å². The number of aromatic nitrogens is 2. The smallest absolute Gasteiger partial charge is 0.159 e. The maximum atomic E-state index is 6.12. The van der Waals surface area contributed by atoms with Crippen LogP contribution in [-0.4, -0.2) is 16.6 Å². The lowest BCUT2D eigenvalue weighted by atomic mass is 9.88. The molecule has 0 spiro atoms. The second kappa shape index (κ2) is 6.67. The first-order valence-electron chi connectivity index (χ1n) is 6.89. The number of nitrogens with zero attached hydrogens (tertiary/aromatic N) is 2. The van der Waals surface area contributed by atoms with Gasteiger partial charge >= 0.3 is 0 Å². The predicted molar refractivity (Wildman–Crippen MR) is 79.4 cm³/mol. The fourth-order valence-corrected chi connectivity index (χ4v) is 2.21. The van der Waals surface area contributed by atoms with Crippen LogP contribution >= 0.6 is 11.6 Å². The highest BCUT2D eigenvalue weighted by molar-refractivity contribution is 6.29. The molecule has 0 fully saturated rings. The zero-order valence-electron chi connectivity index (χ0n) is 12.8. The summed E-state index contributed by atoms with van der Waals surface area (Å²) in [6.45, 7) is 13.3. The minimum absolute atomic E-state index is 0.0597. The molecular weight excluding hydrogens is 260 g/mol. The zero-order chi connectivity index (χ0) is 14.6. The number of hydrogen-bond acceptors (Lipinski definition) is 3. The second-order valence-electron chi connectivity index (χ2n) is 6.34. The molecule has 0 aromatic carbocycles. The van der Waals surface area contributed by atoms with E-state index in [4.69, 9.17) is 16.3 Å². The molecule has 3 nitrogen and oxygen atoms in total. The van der Waals surface area contributed by atoms with Crippen LogP contribution in [0, 0.1) is 11.3 Å². The average Bonchev–Trinajstić information content (AvgIpc) is 2.22. The van der Waals surface area contributed by atoms with Crippen molar-refractivity contribution in [2.45, 2.75) is 54.1 Å². The van der Waals surface area contributed by atoms with E-state index in [0.29, 0.717) is 23.5 Å². The molecule has 1 atom stereocenters. The maximum Gasteiger partial charge on any atom is 0.159 e. The van der Waals surface area contributed by atoms with Crippen molar-refractivity contribution in [3.63, 3.8) is 0 Å². The summed E-state index contributed by atoms with van der Waals surface area (Å²) < 4.78 is 5.82. The minimum Gasteiger partial charge on any atom is -0.370 e. The minimum atomic E-state index is -0.137. The van der Waals surface area contributed by atoms with Crippen LogP contribution in [0.2, 0.25) is 5.15 Å². The van der Waals surface area contributed by atoms with E-state index in [1.807, 2.05) is 13.0 Å². The van der Waals surface area contributed by atoms with Gasteiger partial charge in [0, 0.05) is 12.3 Å². The molecule has 0 radical (unpaired) electrons. The van der Waals surface area contributed by atoms with Crippen LogP contribution < -0.4 is 0 Å². The highest BCUT2D eigenvalue weighted by Gasteiger charge is 2.29. The van der Waals surface area contributed by atoms with E-state index in [2.05, 4.69) is 44.6 Å². The summed E-state index contributed by atoms with van der Waals surface area (Å²) in [6.07, 6.45) is 0.764. The molecule has 0 bridgehead atoms. The summed E-state index contributed by atoms with van der Waals surface area (Å²) in [5, 5.41) is 0.495. The van der Waals surface area contributed by atoms with Crippen LogP contribution in [0.5, 0.6) is 0 Å². The van der Waals surface area contributed by atoms with Crippen molar-refractivity contribution >= 4 is 11.6 Å². The topological polar surface area (TPSA) is 35.0 Å². The Balaban J connectivity index is 3.12. The molecule has 0 N–H and O–H groups in total. The monoisotopic (exact) mass is 284 g/mol. The molecule has 0 saturated heterocycles. The van der Waals surface area contributed by atoms with Gasteiger partial charge in [-0.15, -0.1) is 0 Å². The van der Waals surface area contributed by atoms with Gasteiger partial charge < -0.3 is 4.74 Å². The summed E-state index contributed by atoms with van der Waals surface area (Å²) in [7, 11) is 0. The third-order valence-electron chi connectivity index (χ3n) is 2.74. The number of hydrogen-bond donors (Lipinski definition) is 0. The van der Waals surface area contributed by atoms with Gasteiger partial charge in [-0.05, 0) is 30.7 Å². The number of ether oxygens (including phenoxy) is 1. The van der Waals surface area contributed by atoms with Gasteiger partial charge in [-0.1, -0.05) is 46.2 Å². The normalized spacial score (nSPS) is 13.9. The van der Waals surface area contributed by atoms with Gasteiger partial charge in [-0.3, -0.25) is 0 Å². The van der Waals surface area contributed by atoms with Gasteiger partial charge in [0.05, 0.1) is 0 Å². The van der Waals surface area contributed by atoms with E-state index in [-0.39, 0.29) is 11.5 Å². The Morgan fingerprint density at radius 1 is 1.26 bits per heavy atom. The highest BCUT2D eigenvalue weighted by atomic mass is 35.5. The van der Waals surface area contributed by atoms with Crippen LogP contribution in [0.4, 0.5) is 0 Å². The summed E-state index contributed by atoms with van der Waals surface area (Å²) >= 11 is 6.12. The molecule has 0 aliphatic rings. The summed E-state index contributed by atoms with van der Waals surface area (Å²) in [5.41, 5.74) is 0.925. The molecule has 0 aliphatic heterocycles. The van der Waals surface area contributed by atoms with E-state index >= 15 is 0 Å². The fourth-order valence-electron chi connectivity index (χ4n) is 2.00. The Kier molecular flexibility index (Phi) is 5.75. The van der Waals surface area contributed by atoms with Crippen molar-refractivity contribution in [3.05, 3.63) is 22.7 Å². The van der Waals surface area contributed by atoms with Crippen LogP contribution in [-0.2, 0) is 11.2 Å². The lowest BCUT2D eigenvalue weighted by Gasteiger charge is -2.29. The Labute approximate surface area is 121 Å². The molecule has 0 amide bonds. The van der Waals surface area contributed by atoms with Gasteiger partial charge in [0.25, 0.3) is 0 Å². The van der Waals surface area contributed by atoms with E-state index in [1.165, 1.54) is 0 Å². The molecule has 1 aromatic rings. The SMILES string of the molecule is CCOC(c1nc(Cl)cc(CC(C)C)n1)C(C)(C)C. The largest absolute Gasteiger partial charge is 0.370 e. The molecule has 19 heavy (non-hydrogen) atoms. The molecule has 0 saturated carbocycles. The van der Waals surface area contributed by atoms with Crippen LogP contribution in [0.25, 0.3) is 0 Å². The Morgan fingerprint density at radius 2 is 1.89 bits per heavy atom. The van der Waals surface area contributed by atoms with Gasteiger partial charge in [0.1, 0.15) is 11.3 Å². The lowest BCUT2D eigenvalue weighted by Crippen LogP contribution is -2.24. The molecule has 0 aliphatic carbocycles. The van der Waals surface area contributed by atoms with Crippen LogP contribution in [0.3, 0.4) is 0 Å². The van der Waals surface area contributed by atoms with Crippen molar-refractivity contribution < 1.29 is 4.74 Å². The van der Waals surface area contributed by atoms with E-state index in [9.17, 15) is 0 Å². The Morgan fingerprint density at radius 3 is 2.37 bits per heavy atom. The zero-order valence-corrected chi connectivity index (χ0v) is 13.6. The molecular formula is C15H25ClN2O. The Hall–Kier alpha value is -0.670. The average molecular weight is 285 g/mol. The van der Waals surface area contributed by atoms with E-state index < -0.39 is 0 Å². The van der Waals surface area contributed by atoms with Crippen molar-refractivity contribution in [3.8, 4) is 0 Å². The van der Waals surface area contributed by atoms with E-state index in [1.54, 1.807) is 0 Å². The van der Waals surface area contributed by atoms with Gasteiger partial charge in [0.15, 0.2) is 5.82 Å². The van der Waals surface area contributed by atoms with Crippen molar-refractivity contribution in [2.24, 2.45) is 11.3 Å². The second-order valence-corrected chi connectivity index (χ2v) is 6.73. The van der Waals surface area contributed by atoms with Crippen LogP contribution in [0.1, 0.15) is 59.2 Å². The summed E-state index contributed by atoms with van der Waals surface area (Å²) in [5.74, 6) is 1.23. The third kappa shape index (κ3) is 5.07. The Bertz CT molecular complexity index is 413. The quantitative estimate of drug-likeness (QED) is 0.749. The first-order valence-corrected chi connectivity index (χ1v) is 7.26. The lowest BCUT2D eigenvalue weighted by molar-refractivity contribution is -0.0192. The molecule has 1 heterocycles. The molecule has 1 rings (SSSR count). The first kappa shape index (κ1) is 16.4. The maximum absolute atomic E-state index is 6.12.